The molecule has 0 atom stereocenters. The fourth-order valence-corrected chi connectivity index (χ4v) is 5.61. The van der Waals surface area contributed by atoms with Crippen molar-refractivity contribution in [3.05, 3.63) is 80.9 Å². The lowest BCUT2D eigenvalue weighted by atomic mass is 10.1. The fourth-order valence-electron chi connectivity index (χ4n) is 4.61. The lowest BCUT2D eigenvalue weighted by Gasteiger charge is -2.18. The van der Waals surface area contributed by atoms with Gasteiger partial charge < -0.3 is 14.0 Å². The maximum Gasteiger partial charge on any atom is 0.264 e. The molecule has 0 saturated carbocycles. The van der Waals surface area contributed by atoms with Crippen LogP contribution in [0.1, 0.15) is 21.7 Å². The van der Waals surface area contributed by atoms with Gasteiger partial charge in [0.15, 0.2) is 0 Å². The van der Waals surface area contributed by atoms with E-state index < -0.39 is 0 Å². The van der Waals surface area contributed by atoms with Crippen molar-refractivity contribution in [2.75, 3.05) is 12.3 Å². The van der Waals surface area contributed by atoms with Crippen LogP contribution in [0.25, 0.3) is 28.0 Å². The van der Waals surface area contributed by atoms with E-state index in [2.05, 4.69) is 10.6 Å². The molecule has 6 rings (SSSR count). The summed E-state index contributed by atoms with van der Waals surface area (Å²) < 4.78 is 4.08. The Morgan fingerprint density at radius 1 is 1.13 bits per heavy atom. The lowest BCUT2D eigenvalue weighted by molar-refractivity contribution is 0.0829. The highest BCUT2D eigenvalue weighted by atomic mass is 32.2. The third-order valence-corrected chi connectivity index (χ3v) is 7.20. The van der Waals surface area contributed by atoms with Crippen molar-refractivity contribution >= 4 is 45.7 Å². The first-order chi connectivity index (χ1) is 15.1. The first-order valence-electron chi connectivity index (χ1n) is 10.3. The summed E-state index contributed by atoms with van der Waals surface area (Å²) in [6.07, 6.45) is 4.59. The Bertz CT molecular complexity index is 1480. The molecule has 1 saturated heterocycles. The van der Waals surface area contributed by atoms with Gasteiger partial charge in [0.1, 0.15) is 11.4 Å². The van der Waals surface area contributed by atoms with E-state index >= 15 is 0 Å². The molecule has 2 aliphatic rings. The minimum Gasteiger partial charge on any atom is -0.346 e. The largest absolute Gasteiger partial charge is 0.346 e. The number of hydrogen-bond donors (Lipinski definition) is 0. The lowest BCUT2D eigenvalue weighted by Crippen LogP contribution is -2.31. The van der Waals surface area contributed by atoms with Crippen molar-refractivity contribution < 1.29 is 4.79 Å². The summed E-state index contributed by atoms with van der Waals surface area (Å²) in [5, 5.41) is 1.46. The Kier molecular flexibility index (Phi) is 4.08. The van der Waals surface area contributed by atoms with Gasteiger partial charge in [0.2, 0.25) is 5.43 Å². The third kappa shape index (κ3) is 2.76. The number of hydrogen-bond acceptors (Lipinski definition) is 4. The van der Waals surface area contributed by atoms with Gasteiger partial charge in [-0.25, -0.2) is 4.98 Å². The summed E-state index contributed by atoms with van der Waals surface area (Å²) in [7, 11) is 1.97. The van der Waals surface area contributed by atoms with E-state index in [0.717, 1.165) is 46.1 Å². The van der Waals surface area contributed by atoms with Gasteiger partial charge in [-0.3, -0.25) is 9.59 Å². The molecule has 2 aliphatic heterocycles. The minimum atomic E-state index is -0.233. The number of rotatable bonds is 2. The molecule has 0 aliphatic carbocycles. The van der Waals surface area contributed by atoms with E-state index in [9.17, 15) is 9.59 Å². The highest BCUT2D eigenvalue weighted by molar-refractivity contribution is 8.03. The second-order valence-electron chi connectivity index (χ2n) is 7.93. The SMILES string of the molecule is Cn1c(/C=C2/SCCN2C(=O)c2cn3c4c(cccc4c2=O)CC3)nc2ccccc21. The Balaban J connectivity index is 1.43. The molecule has 2 aromatic carbocycles. The number of amides is 1. The second-order valence-corrected chi connectivity index (χ2v) is 9.05. The van der Waals surface area contributed by atoms with E-state index in [-0.39, 0.29) is 16.9 Å². The summed E-state index contributed by atoms with van der Waals surface area (Å²) in [6.45, 7) is 1.38. The van der Waals surface area contributed by atoms with Gasteiger partial charge in [0, 0.05) is 43.5 Å². The van der Waals surface area contributed by atoms with E-state index in [1.54, 1.807) is 22.9 Å². The zero-order valence-electron chi connectivity index (χ0n) is 17.0. The second kappa shape index (κ2) is 6.85. The Hall–Kier alpha value is -3.32. The molecular weight excluding hydrogens is 408 g/mol. The zero-order valence-corrected chi connectivity index (χ0v) is 17.9. The van der Waals surface area contributed by atoms with Crippen LogP contribution in [0.4, 0.5) is 0 Å². The average Bonchev–Trinajstić information content (AvgIpc) is 3.50. The van der Waals surface area contributed by atoms with Gasteiger partial charge in [0.05, 0.1) is 21.6 Å². The van der Waals surface area contributed by atoms with Crippen molar-refractivity contribution in [3.8, 4) is 0 Å². The number of fused-ring (bicyclic) bond motifs is 1. The molecule has 0 N–H and O–H groups in total. The topological polar surface area (TPSA) is 60.1 Å². The Morgan fingerprint density at radius 2 is 2.00 bits per heavy atom. The van der Waals surface area contributed by atoms with Crippen LogP contribution in [-0.2, 0) is 20.0 Å². The number of aryl methyl sites for hydroxylation is 3. The Morgan fingerprint density at radius 3 is 2.87 bits per heavy atom. The van der Waals surface area contributed by atoms with Gasteiger partial charge in [-0.05, 0) is 30.2 Å². The normalized spacial score (nSPS) is 16.8. The molecule has 0 bridgehead atoms. The molecule has 2 aromatic heterocycles. The van der Waals surface area contributed by atoms with Gasteiger partial charge in [-0.2, -0.15) is 0 Å². The average molecular weight is 429 g/mol. The summed E-state index contributed by atoms with van der Waals surface area (Å²) in [6, 6.07) is 13.8. The number of nitrogens with zero attached hydrogens (tertiary/aromatic N) is 4. The zero-order chi connectivity index (χ0) is 21.1. The maximum atomic E-state index is 13.5. The van der Waals surface area contributed by atoms with Gasteiger partial charge in [0.25, 0.3) is 5.91 Å². The van der Waals surface area contributed by atoms with Gasteiger partial charge >= 0.3 is 0 Å². The summed E-state index contributed by atoms with van der Waals surface area (Å²) in [5.74, 6) is 1.36. The maximum absolute atomic E-state index is 13.5. The van der Waals surface area contributed by atoms with Crippen molar-refractivity contribution in [2.45, 2.75) is 13.0 Å². The van der Waals surface area contributed by atoms with Crippen LogP contribution in [0.5, 0.6) is 0 Å². The molecular formula is C24H20N4O2S. The van der Waals surface area contributed by atoms with Crippen molar-refractivity contribution in [2.24, 2.45) is 7.05 Å². The summed E-state index contributed by atoms with van der Waals surface area (Å²) >= 11 is 1.62. The summed E-state index contributed by atoms with van der Waals surface area (Å²) in [4.78, 5) is 33.1. The van der Waals surface area contributed by atoms with Crippen LogP contribution in [-0.4, -0.2) is 37.2 Å². The number of carbonyl (C=O) groups excluding carboxylic acids is 1. The van der Waals surface area contributed by atoms with Crippen LogP contribution in [0, 0.1) is 0 Å². The van der Waals surface area contributed by atoms with Crippen LogP contribution in [0.3, 0.4) is 0 Å². The van der Waals surface area contributed by atoms with E-state index in [1.807, 2.05) is 54.1 Å². The summed E-state index contributed by atoms with van der Waals surface area (Å²) in [5.41, 5.74) is 4.16. The number of carbonyl (C=O) groups is 1. The monoisotopic (exact) mass is 428 g/mol. The molecule has 7 heteroatoms. The predicted molar refractivity (Wildman–Crippen MR) is 124 cm³/mol. The predicted octanol–water partition coefficient (Wildman–Crippen LogP) is 3.63. The van der Waals surface area contributed by atoms with Crippen molar-refractivity contribution in [1.82, 2.24) is 19.0 Å². The van der Waals surface area contributed by atoms with E-state index in [4.69, 9.17) is 4.98 Å². The number of aromatic nitrogens is 3. The van der Waals surface area contributed by atoms with Crippen molar-refractivity contribution in [1.29, 1.82) is 0 Å². The number of pyridine rings is 1. The molecule has 6 nitrogen and oxygen atoms in total. The number of benzene rings is 2. The van der Waals surface area contributed by atoms with Crippen LogP contribution in [0.2, 0.25) is 0 Å². The molecule has 0 radical (unpaired) electrons. The first-order valence-corrected chi connectivity index (χ1v) is 11.3. The number of para-hydroxylation sites is 3. The molecule has 1 amide bonds. The first kappa shape index (κ1) is 18.4. The molecule has 154 valence electrons. The third-order valence-electron chi connectivity index (χ3n) is 6.18. The van der Waals surface area contributed by atoms with Crippen molar-refractivity contribution in [3.63, 3.8) is 0 Å². The van der Waals surface area contributed by atoms with Gasteiger partial charge in [-0.15, -0.1) is 11.8 Å². The molecule has 0 spiro atoms. The highest BCUT2D eigenvalue weighted by Crippen LogP contribution is 2.32. The quantitative estimate of drug-likeness (QED) is 0.489. The Labute approximate surface area is 182 Å². The van der Waals surface area contributed by atoms with Crippen LogP contribution < -0.4 is 5.43 Å². The molecule has 0 unspecified atom stereocenters. The molecule has 4 aromatic rings. The molecule has 4 heterocycles. The number of imidazole rings is 1. The van der Waals surface area contributed by atoms with Crippen LogP contribution in [0.15, 0.2) is 58.5 Å². The smallest absolute Gasteiger partial charge is 0.264 e. The standard InChI is InChI=1S/C24H20N4O2S/c1-26-19-8-3-2-7-18(19)25-20(26)13-21-28(11-12-31-21)24(30)17-14-27-10-9-15-5-4-6-16(22(15)27)23(17)29/h2-8,13-14H,9-12H2,1H3/b21-13+. The van der Waals surface area contributed by atoms with E-state index in [0.29, 0.717) is 11.9 Å². The highest BCUT2D eigenvalue weighted by Gasteiger charge is 2.29. The number of thioether (sulfide) groups is 1. The molecule has 1 fully saturated rings. The van der Waals surface area contributed by atoms with Gasteiger partial charge in [-0.1, -0.05) is 24.3 Å². The van der Waals surface area contributed by atoms with Crippen LogP contribution >= 0.6 is 11.8 Å². The van der Waals surface area contributed by atoms with E-state index in [1.165, 1.54) is 5.56 Å². The molecule has 31 heavy (non-hydrogen) atoms. The fraction of sp³-hybridized carbons (Fsp3) is 0.208. The minimum absolute atomic E-state index is 0.181.